The van der Waals surface area contributed by atoms with Gasteiger partial charge in [-0.15, -0.1) is 0 Å². The van der Waals surface area contributed by atoms with E-state index in [9.17, 15) is 8.42 Å². The van der Waals surface area contributed by atoms with E-state index in [1.165, 1.54) is 0 Å². The zero-order valence-corrected chi connectivity index (χ0v) is 6.95. The highest BCUT2D eigenvalue weighted by atomic mass is 32.2. The average molecular weight is 180 g/mol. The van der Waals surface area contributed by atoms with Crippen molar-refractivity contribution in [3.8, 4) is 0 Å². The van der Waals surface area contributed by atoms with Crippen molar-refractivity contribution < 1.29 is 8.42 Å². The molecule has 3 nitrogen and oxygen atoms in total. The summed E-state index contributed by atoms with van der Waals surface area (Å²) in [5.41, 5.74) is 1.35. The lowest BCUT2D eigenvalue weighted by atomic mass is 10.2. The van der Waals surface area contributed by atoms with E-state index in [1.807, 2.05) is 12.1 Å². The molecule has 1 heterocycles. The quantitative estimate of drug-likeness (QED) is 0.603. The molecule has 0 fully saturated rings. The minimum atomic E-state index is -3.35. The molecule has 1 aliphatic rings. The van der Waals surface area contributed by atoms with Gasteiger partial charge in [-0.2, -0.15) is 13.1 Å². The highest BCUT2D eigenvalue weighted by Crippen LogP contribution is 2.22. The van der Waals surface area contributed by atoms with Crippen LogP contribution in [-0.4, -0.2) is 8.42 Å². The predicted molar refractivity (Wildman–Crippen MR) is 46.2 cm³/mol. The van der Waals surface area contributed by atoms with E-state index < -0.39 is 10.0 Å². The van der Waals surface area contributed by atoms with Gasteiger partial charge in [0.15, 0.2) is 0 Å². The maximum absolute atomic E-state index is 11.0. The van der Waals surface area contributed by atoms with Gasteiger partial charge < -0.3 is 0 Å². The van der Waals surface area contributed by atoms with Crippen molar-refractivity contribution in [3.05, 3.63) is 35.2 Å². The fourth-order valence-electron chi connectivity index (χ4n) is 1.04. The fraction of sp³-hybridized carbons (Fsp3) is 0. The van der Waals surface area contributed by atoms with Crippen molar-refractivity contribution in [2.75, 3.05) is 0 Å². The smallest absolute Gasteiger partial charge is 0.200 e. The van der Waals surface area contributed by atoms with Crippen LogP contribution in [0.5, 0.6) is 0 Å². The SMILES string of the molecule is O=S1(=O)C=Cc2ccccc2[N]1. The Bertz CT molecular complexity index is 434. The first-order valence-corrected chi connectivity index (χ1v) is 4.93. The molecule has 0 saturated carbocycles. The standard InChI is InChI=1S/C8H6NO2S/c10-12(11)6-5-7-3-1-2-4-8(7)9-12/h1-6H. The Hall–Kier alpha value is -1.29. The molecule has 0 unspecified atom stereocenters. The number of hydrogen-bond acceptors (Lipinski definition) is 2. The monoisotopic (exact) mass is 180 g/mol. The molecule has 4 heteroatoms. The van der Waals surface area contributed by atoms with Crippen LogP contribution < -0.4 is 4.72 Å². The van der Waals surface area contributed by atoms with Crippen LogP contribution in [0.2, 0.25) is 0 Å². The Morgan fingerprint density at radius 1 is 1.17 bits per heavy atom. The summed E-state index contributed by atoms with van der Waals surface area (Å²) in [6, 6.07) is 7.11. The molecule has 1 radical (unpaired) electrons. The second-order valence-corrected chi connectivity index (χ2v) is 3.95. The van der Waals surface area contributed by atoms with Crippen LogP contribution >= 0.6 is 0 Å². The van der Waals surface area contributed by atoms with Gasteiger partial charge in [0.2, 0.25) is 0 Å². The lowest BCUT2D eigenvalue weighted by Gasteiger charge is -2.08. The summed E-state index contributed by atoms with van der Waals surface area (Å²) in [5.74, 6) is 0. The minimum absolute atomic E-state index is 0.514. The average Bonchev–Trinajstić information content (AvgIpc) is 2.02. The third-order valence-electron chi connectivity index (χ3n) is 1.58. The second-order valence-electron chi connectivity index (χ2n) is 2.47. The number of nitrogens with zero attached hydrogens (tertiary/aromatic N) is 1. The number of sulfonamides is 1. The second kappa shape index (κ2) is 2.35. The first-order chi connectivity index (χ1) is 5.67. The Morgan fingerprint density at radius 2 is 1.92 bits per heavy atom. The summed E-state index contributed by atoms with van der Waals surface area (Å²) in [5, 5.41) is 1.11. The number of hydrogen-bond donors (Lipinski definition) is 0. The van der Waals surface area contributed by atoms with Gasteiger partial charge in [-0.05, 0) is 12.1 Å². The van der Waals surface area contributed by atoms with E-state index in [2.05, 4.69) is 4.72 Å². The summed E-state index contributed by atoms with van der Waals surface area (Å²) in [4.78, 5) is 0. The highest BCUT2D eigenvalue weighted by Gasteiger charge is 2.15. The molecule has 1 aromatic carbocycles. The van der Waals surface area contributed by atoms with Crippen LogP contribution in [0.25, 0.3) is 6.08 Å². The molecule has 1 aromatic rings. The summed E-state index contributed by atoms with van der Waals surface area (Å²) in [6.07, 6.45) is 1.55. The van der Waals surface area contributed by atoms with Crippen LogP contribution in [0, 0.1) is 0 Å². The maximum Gasteiger partial charge on any atom is 0.276 e. The lowest BCUT2D eigenvalue weighted by molar-refractivity contribution is 0.599. The number of benzene rings is 1. The van der Waals surface area contributed by atoms with Crippen molar-refractivity contribution in [2.24, 2.45) is 0 Å². The molecule has 0 N–H and O–H groups in total. The van der Waals surface area contributed by atoms with Crippen molar-refractivity contribution in [1.29, 1.82) is 0 Å². The molecule has 61 valence electrons. The Balaban J connectivity index is 2.61. The van der Waals surface area contributed by atoms with E-state index in [0.29, 0.717) is 5.69 Å². The van der Waals surface area contributed by atoms with Gasteiger partial charge in [-0.25, -0.2) is 0 Å². The Labute approximate surface area is 70.8 Å². The lowest BCUT2D eigenvalue weighted by Crippen LogP contribution is -2.11. The maximum atomic E-state index is 11.0. The van der Waals surface area contributed by atoms with E-state index in [0.717, 1.165) is 11.0 Å². The van der Waals surface area contributed by atoms with Crippen LogP contribution in [0.15, 0.2) is 29.7 Å². The van der Waals surface area contributed by atoms with E-state index in [4.69, 9.17) is 0 Å². The molecular formula is C8H6NO2S. The molecular weight excluding hydrogens is 174 g/mol. The largest absolute Gasteiger partial charge is 0.276 e. The summed E-state index contributed by atoms with van der Waals surface area (Å²) in [6.45, 7) is 0. The first-order valence-electron chi connectivity index (χ1n) is 3.42. The van der Waals surface area contributed by atoms with Gasteiger partial charge in [0.1, 0.15) is 0 Å². The van der Waals surface area contributed by atoms with Gasteiger partial charge >= 0.3 is 0 Å². The Kier molecular flexibility index (Phi) is 1.44. The normalized spacial score (nSPS) is 18.0. The van der Waals surface area contributed by atoms with E-state index in [1.54, 1.807) is 18.2 Å². The van der Waals surface area contributed by atoms with Crippen molar-refractivity contribution in [3.63, 3.8) is 0 Å². The summed E-state index contributed by atoms with van der Waals surface area (Å²) >= 11 is 0. The van der Waals surface area contributed by atoms with Gasteiger partial charge in [-0.1, -0.05) is 18.2 Å². The molecule has 0 spiro atoms. The predicted octanol–water partition coefficient (Wildman–Crippen LogP) is 1.24. The molecule has 12 heavy (non-hydrogen) atoms. The fourth-order valence-corrected chi connectivity index (χ4v) is 1.86. The minimum Gasteiger partial charge on any atom is -0.200 e. The van der Waals surface area contributed by atoms with Crippen LogP contribution in [0.1, 0.15) is 5.56 Å². The molecule has 0 saturated heterocycles. The molecule has 1 aliphatic heterocycles. The van der Waals surface area contributed by atoms with Gasteiger partial charge in [-0.3, -0.25) is 0 Å². The first kappa shape index (κ1) is 7.36. The van der Waals surface area contributed by atoms with Crippen molar-refractivity contribution >= 4 is 21.8 Å². The van der Waals surface area contributed by atoms with Crippen LogP contribution in [0.3, 0.4) is 0 Å². The van der Waals surface area contributed by atoms with E-state index in [-0.39, 0.29) is 0 Å². The third kappa shape index (κ3) is 1.21. The number of rotatable bonds is 0. The van der Waals surface area contributed by atoms with Gasteiger partial charge in [0.05, 0.1) is 11.1 Å². The van der Waals surface area contributed by atoms with Crippen LogP contribution in [-0.2, 0) is 10.0 Å². The molecule has 0 aromatic heterocycles. The van der Waals surface area contributed by atoms with Gasteiger partial charge in [0, 0.05) is 5.56 Å². The van der Waals surface area contributed by atoms with E-state index >= 15 is 0 Å². The molecule has 2 rings (SSSR count). The zero-order chi connectivity index (χ0) is 8.60. The van der Waals surface area contributed by atoms with Crippen molar-refractivity contribution in [1.82, 2.24) is 4.72 Å². The molecule has 0 amide bonds. The van der Waals surface area contributed by atoms with Crippen molar-refractivity contribution in [2.45, 2.75) is 0 Å². The molecule has 0 bridgehead atoms. The highest BCUT2D eigenvalue weighted by molar-refractivity contribution is 7.92. The third-order valence-corrected chi connectivity index (χ3v) is 2.51. The summed E-state index contributed by atoms with van der Waals surface area (Å²) in [7, 11) is -3.35. The van der Waals surface area contributed by atoms with Gasteiger partial charge in [0.25, 0.3) is 10.0 Å². The summed E-state index contributed by atoms with van der Waals surface area (Å²) < 4.78 is 25.5. The molecule has 0 atom stereocenters. The zero-order valence-electron chi connectivity index (χ0n) is 6.14. The Morgan fingerprint density at radius 3 is 2.75 bits per heavy atom. The van der Waals surface area contributed by atoms with Crippen LogP contribution in [0.4, 0.5) is 5.69 Å². The number of fused-ring (bicyclic) bond motifs is 1. The molecule has 0 aliphatic carbocycles. The topological polar surface area (TPSA) is 48.2 Å².